The van der Waals surface area contributed by atoms with Gasteiger partial charge in [0.1, 0.15) is 0 Å². The van der Waals surface area contributed by atoms with Crippen LogP contribution in [0, 0.1) is 0 Å². The first-order valence-electron chi connectivity index (χ1n) is 8.94. The summed E-state index contributed by atoms with van der Waals surface area (Å²) in [6.07, 6.45) is 1.92. The number of nitrogens with zero attached hydrogens (tertiary/aromatic N) is 1. The molecule has 29 heavy (non-hydrogen) atoms. The normalized spacial score (nSPS) is 13.3. The largest absolute Gasteiger partial charge is 0.452 e. The number of nitrogens with one attached hydrogen (secondary N) is 1. The Morgan fingerprint density at radius 3 is 2.59 bits per heavy atom. The summed E-state index contributed by atoms with van der Waals surface area (Å²) < 4.78 is 5.23. The summed E-state index contributed by atoms with van der Waals surface area (Å²) in [6.45, 7) is -0.338. The molecule has 0 aliphatic heterocycles. The summed E-state index contributed by atoms with van der Waals surface area (Å²) in [5.74, 6) is -0.932. The van der Waals surface area contributed by atoms with E-state index in [2.05, 4.69) is 10.3 Å². The lowest BCUT2D eigenvalue weighted by molar-refractivity contribution is -0.124. The topological polar surface area (TPSA) is 68.3 Å². The van der Waals surface area contributed by atoms with E-state index in [0.717, 1.165) is 12.8 Å². The van der Waals surface area contributed by atoms with Crippen LogP contribution >= 0.6 is 34.8 Å². The van der Waals surface area contributed by atoms with Crippen LogP contribution in [0.15, 0.2) is 42.5 Å². The van der Waals surface area contributed by atoms with E-state index in [4.69, 9.17) is 39.5 Å². The average molecular weight is 450 g/mol. The maximum Gasteiger partial charge on any atom is 0.339 e. The first kappa shape index (κ1) is 20.0. The number of carbonyl (C=O) groups is 2. The Labute approximate surface area is 181 Å². The van der Waals surface area contributed by atoms with E-state index in [1.807, 2.05) is 6.07 Å². The molecule has 2 aromatic carbocycles. The van der Waals surface area contributed by atoms with Crippen molar-refractivity contribution in [2.24, 2.45) is 0 Å². The van der Waals surface area contributed by atoms with Crippen molar-refractivity contribution < 1.29 is 14.3 Å². The van der Waals surface area contributed by atoms with Gasteiger partial charge in [-0.25, -0.2) is 9.78 Å². The number of esters is 1. The van der Waals surface area contributed by atoms with Gasteiger partial charge in [0, 0.05) is 17.0 Å². The highest BCUT2D eigenvalue weighted by atomic mass is 35.5. The second-order valence-corrected chi connectivity index (χ2v) is 7.88. The third-order valence-electron chi connectivity index (χ3n) is 4.52. The Morgan fingerprint density at radius 1 is 1.07 bits per heavy atom. The molecule has 3 aromatic rings. The van der Waals surface area contributed by atoms with Crippen LogP contribution in [0.4, 0.5) is 0 Å². The zero-order chi connectivity index (χ0) is 20.5. The van der Waals surface area contributed by atoms with E-state index >= 15 is 0 Å². The second-order valence-electron chi connectivity index (χ2n) is 6.71. The summed E-state index contributed by atoms with van der Waals surface area (Å²) in [5, 5.41) is 4.16. The number of fused-ring (bicyclic) bond motifs is 1. The minimum atomic E-state index is -0.619. The number of amides is 1. The number of benzene rings is 2. The van der Waals surface area contributed by atoms with Crippen molar-refractivity contribution in [3.05, 3.63) is 63.1 Å². The van der Waals surface area contributed by atoms with Crippen molar-refractivity contribution in [1.82, 2.24) is 10.3 Å². The predicted octanol–water partition coefficient (Wildman–Crippen LogP) is 5.30. The molecule has 0 radical (unpaired) electrons. The number of rotatable bonds is 5. The van der Waals surface area contributed by atoms with E-state index in [-0.39, 0.29) is 34.2 Å². The van der Waals surface area contributed by atoms with Crippen LogP contribution in [0.2, 0.25) is 15.1 Å². The van der Waals surface area contributed by atoms with Crippen LogP contribution in [0.3, 0.4) is 0 Å². The van der Waals surface area contributed by atoms with Crippen LogP contribution in [0.25, 0.3) is 22.2 Å². The zero-order valence-electron chi connectivity index (χ0n) is 15.0. The Balaban J connectivity index is 1.70. The van der Waals surface area contributed by atoms with Crippen molar-refractivity contribution in [2.45, 2.75) is 18.9 Å². The van der Waals surface area contributed by atoms with Gasteiger partial charge < -0.3 is 10.1 Å². The predicted molar refractivity (Wildman–Crippen MR) is 114 cm³/mol. The Hall–Kier alpha value is -2.34. The van der Waals surface area contributed by atoms with Gasteiger partial charge in [-0.15, -0.1) is 0 Å². The molecule has 1 N–H and O–H groups in total. The fraction of sp³-hybridized carbons (Fsp3) is 0.190. The van der Waals surface area contributed by atoms with E-state index in [1.165, 1.54) is 0 Å². The van der Waals surface area contributed by atoms with Gasteiger partial charge in [-0.05, 0) is 37.1 Å². The molecule has 0 unspecified atom stereocenters. The molecular formula is C21H15Cl3N2O3. The molecule has 1 amide bonds. The zero-order valence-corrected chi connectivity index (χ0v) is 17.3. The lowest BCUT2D eigenvalue weighted by Gasteiger charge is -2.12. The molecule has 1 aliphatic carbocycles. The summed E-state index contributed by atoms with van der Waals surface area (Å²) >= 11 is 18.5. The fourth-order valence-corrected chi connectivity index (χ4v) is 3.54. The van der Waals surface area contributed by atoms with Crippen LogP contribution < -0.4 is 5.32 Å². The standard InChI is InChI=1S/C21H15Cl3N2O3/c22-15-8-7-13(19(23)20(15)24)17-9-14(12-3-1-2-4-16(12)26-17)21(28)29-10-18(27)25-11-5-6-11/h1-4,7-9,11H,5-6,10H2,(H,25,27). The molecule has 148 valence electrons. The van der Waals surface area contributed by atoms with Crippen molar-refractivity contribution in [2.75, 3.05) is 6.61 Å². The number of para-hydroxylation sites is 1. The molecule has 1 fully saturated rings. The van der Waals surface area contributed by atoms with Gasteiger partial charge in [0.2, 0.25) is 0 Å². The van der Waals surface area contributed by atoms with Crippen LogP contribution in [-0.4, -0.2) is 29.5 Å². The highest BCUT2D eigenvalue weighted by Gasteiger charge is 2.24. The van der Waals surface area contributed by atoms with Crippen molar-refractivity contribution in [1.29, 1.82) is 0 Å². The molecule has 1 aliphatic rings. The molecule has 0 atom stereocenters. The lowest BCUT2D eigenvalue weighted by atomic mass is 10.0. The van der Waals surface area contributed by atoms with Crippen molar-refractivity contribution >= 4 is 57.6 Å². The Morgan fingerprint density at radius 2 is 1.83 bits per heavy atom. The number of carbonyl (C=O) groups excluding carboxylic acids is 2. The van der Waals surface area contributed by atoms with Crippen LogP contribution in [-0.2, 0) is 9.53 Å². The SMILES string of the molecule is O=C(COC(=O)c1cc(-c2ccc(Cl)c(Cl)c2Cl)nc2ccccc12)NC1CC1. The van der Waals surface area contributed by atoms with Crippen molar-refractivity contribution in [3.63, 3.8) is 0 Å². The molecule has 0 spiro atoms. The quantitative estimate of drug-likeness (QED) is 0.424. The van der Waals surface area contributed by atoms with Gasteiger partial charge in [-0.2, -0.15) is 0 Å². The smallest absolute Gasteiger partial charge is 0.339 e. The van der Waals surface area contributed by atoms with Crippen LogP contribution in [0.5, 0.6) is 0 Å². The van der Waals surface area contributed by atoms with E-state index in [9.17, 15) is 9.59 Å². The molecule has 8 heteroatoms. The molecular weight excluding hydrogens is 435 g/mol. The van der Waals surface area contributed by atoms with Gasteiger partial charge in [-0.1, -0.05) is 53.0 Å². The van der Waals surface area contributed by atoms with Crippen molar-refractivity contribution in [3.8, 4) is 11.3 Å². The molecule has 0 saturated heterocycles. The van der Waals surface area contributed by atoms with Gasteiger partial charge in [-0.3, -0.25) is 4.79 Å². The molecule has 1 saturated carbocycles. The second kappa shape index (κ2) is 8.19. The molecule has 1 heterocycles. The van der Waals surface area contributed by atoms with E-state index in [0.29, 0.717) is 27.2 Å². The minimum Gasteiger partial charge on any atom is -0.452 e. The van der Waals surface area contributed by atoms with E-state index in [1.54, 1.807) is 36.4 Å². The number of hydrogen-bond donors (Lipinski definition) is 1. The van der Waals surface area contributed by atoms with Gasteiger partial charge in [0.25, 0.3) is 5.91 Å². The average Bonchev–Trinajstić information content (AvgIpc) is 3.53. The fourth-order valence-electron chi connectivity index (χ4n) is 2.91. The summed E-state index contributed by atoms with van der Waals surface area (Å²) in [4.78, 5) is 29.2. The third-order valence-corrected chi connectivity index (χ3v) is 5.82. The number of pyridine rings is 1. The maximum atomic E-state index is 12.7. The molecule has 1 aromatic heterocycles. The Bertz CT molecular complexity index is 1130. The summed E-state index contributed by atoms with van der Waals surface area (Å²) in [7, 11) is 0. The van der Waals surface area contributed by atoms with E-state index < -0.39 is 5.97 Å². The van der Waals surface area contributed by atoms with Gasteiger partial charge in [0.15, 0.2) is 6.61 Å². The number of aromatic nitrogens is 1. The number of halogens is 3. The third kappa shape index (κ3) is 4.32. The molecule has 4 rings (SSSR count). The van der Waals surface area contributed by atoms with Crippen LogP contribution in [0.1, 0.15) is 23.2 Å². The summed E-state index contributed by atoms with van der Waals surface area (Å²) in [5.41, 5.74) is 1.85. The van der Waals surface area contributed by atoms with Gasteiger partial charge in [0.05, 0.1) is 31.8 Å². The number of ether oxygens (including phenoxy) is 1. The highest BCUT2D eigenvalue weighted by Crippen LogP contribution is 2.38. The summed E-state index contributed by atoms with van der Waals surface area (Å²) in [6, 6.07) is 12.2. The molecule has 0 bridgehead atoms. The maximum absolute atomic E-state index is 12.7. The monoisotopic (exact) mass is 448 g/mol. The first-order valence-corrected chi connectivity index (χ1v) is 10.1. The minimum absolute atomic E-state index is 0.200. The first-order chi connectivity index (χ1) is 13.9. The lowest BCUT2D eigenvalue weighted by Crippen LogP contribution is -2.30. The van der Waals surface area contributed by atoms with Gasteiger partial charge >= 0.3 is 5.97 Å². The molecule has 5 nitrogen and oxygen atoms in total. The highest BCUT2D eigenvalue weighted by molar-refractivity contribution is 6.49. The number of hydrogen-bond acceptors (Lipinski definition) is 4. The Kier molecular flexibility index (Phi) is 5.63.